The summed E-state index contributed by atoms with van der Waals surface area (Å²) in [6.07, 6.45) is 3.85. The molecule has 3 rings (SSSR count). The van der Waals surface area contributed by atoms with Gasteiger partial charge in [-0.3, -0.25) is 14.8 Å². The number of aliphatic imine (C=N–C) groups is 1. The van der Waals surface area contributed by atoms with Crippen molar-refractivity contribution in [2.24, 2.45) is 4.99 Å². The van der Waals surface area contributed by atoms with E-state index < -0.39 is 0 Å². The van der Waals surface area contributed by atoms with Gasteiger partial charge in [-0.1, -0.05) is 31.2 Å². The van der Waals surface area contributed by atoms with Gasteiger partial charge in [0.05, 0.1) is 13.2 Å². The maximum absolute atomic E-state index is 5.47. The van der Waals surface area contributed by atoms with Crippen molar-refractivity contribution in [3.05, 3.63) is 35.4 Å². The van der Waals surface area contributed by atoms with Crippen LogP contribution in [-0.4, -0.2) is 74.8 Å². The second-order valence-electron chi connectivity index (χ2n) is 7.77. The van der Waals surface area contributed by atoms with Crippen LogP contribution in [0.4, 0.5) is 0 Å². The summed E-state index contributed by atoms with van der Waals surface area (Å²) in [7, 11) is 1.85. The summed E-state index contributed by atoms with van der Waals surface area (Å²) in [5.74, 6) is 0.888. The van der Waals surface area contributed by atoms with E-state index in [9.17, 15) is 0 Å². The van der Waals surface area contributed by atoms with Crippen LogP contribution in [0.1, 0.15) is 37.3 Å². The Bertz CT molecular complexity index is 615. The first-order valence-corrected chi connectivity index (χ1v) is 10.9. The van der Waals surface area contributed by atoms with Gasteiger partial charge in [0, 0.05) is 45.8 Å². The van der Waals surface area contributed by atoms with Gasteiger partial charge < -0.3 is 15.4 Å². The number of halogens is 1. The van der Waals surface area contributed by atoms with Gasteiger partial charge >= 0.3 is 0 Å². The number of hydrogen-bond donors (Lipinski definition) is 2. The van der Waals surface area contributed by atoms with E-state index in [0.717, 1.165) is 51.9 Å². The summed E-state index contributed by atoms with van der Waals surface area (Å²) in [6, 6.07) is 9.30. The molecule has 2 fully saturated rings. The van der Waals surface area contributed by atoms with Gasteiger partial charge in [-0.05, 0) is 43.5 Å². The fourth-order valence-corrected chi connectivity index (χ4v) is 4.14. The Morgan fingerprint density at radius 2 is 1.76 bits per heavy atom. The van der Waals surface area contributed by atoms with Gasteiger partial charge in [-0.15, -0.1) is 24.0 Å². The molecule has 2 aliphatic heterocycles. The van der Waals surface area contributed by atoms with Crippen molar-refractivity contribution in [3.63, 3.8) is 0 Å². The lowest BCUT2D eigenvalue weighted by atomic mass is 10.1. The van der Waals surface area contributed by atoms with Crippen LogP contribution < -0.4 is 10.6 Å². The number of nitrogens with zero attached hydrogens (tertiary/aromatic N) is 3. The molecule has 1 aromatic rings. The van der Waals surface area contributed by atoms with Crippen molar-refractivity contribution in [1.29, 1.82) is 0 Å². The van der Waals surface area contributed by atoms with Crippen LogP contribution in [0.15, 0.2) is 29.3 Å². The fraction of sp³-hybridized carbons (Fsp3) is 0.682. The summed E-state index contributed by atoms with van der Waals surface area (Å²) in [6.45, 7) is 11.2. The predicted molar refractivity (Wildman–Crippen MR) is 131 cm³/mol. The Kier molecular flexibility index (Phi) is 11.3. The molecule has 0 bridgehead atoms. The molecule has 2 saturated heterocycles. The second kappa shape index (κ2) is 13.4. The average Bonchev–Trinajstić information content (AvgIpc) is 3.27. The third kappa shape index (κ3) is 7.70. The van der Waals surface area contributed by atoms with Crippen molar-refractivity contribution in [3.8, 4) is 0 Å². The fourth-order valence-electron chi connectivity index (χ4n) is 4.14. The molecule has 0 aliphatic carbocycles. The maximum atomic E-state index is 5.47. The number of nitrogens with one attached hydrogen (secondary N) is 2. The summed E-state index contributed by atoms with van der Waals surface area (Å²) >= 11 is 0. The van der Waals surface area contributed by atoms with Gasteiger partial charge in [-0.2, -0.15) is 0 Å². The summed E-state index contributed by atoms with van der Waals surface area (Å²) in [5.41, 5.74) is 2.72. The lowest BCUT2D eigenvalue weighted by molar-refractivity contribution is 0.0341. The van der Waals surface area contributed by atoms with Crippen molar-refractivity contribution in [2.75, 3.05) is 53.0 Å². The molecule has 1 aromatic carbocycles. The Morgan fingerprint density at radius 3 is 2.41 bits per heavy atom. The molecular formula is C22H38IN5O. The van der Waals surface area contributed by atoms with Crippen molar-refractivity contribution >= 4 is 29.9 Å². The van der Waals surface area contributed by atoms with E-state index in [2.05, 4.69) is 56.6 Å². The standard InChI is InChI=1S/C22H37N5O.HI/c1-3-21(27-10-6-7-11-27)17-25-22(23-2)24-16-19-8-4-5-9-20(19)18-26-12-14-28-15-13-26;/h4-5,8-9,21H,3,6-7,10-18H2,1-2H3,(H2,23,24,25);1H. The van der Waals surface area contributed by atoms with E-state index in [1.807, 2.05) is 7.05 Å². The van der Waals surface area contributed by atoms with Crippen LogP contribution in [0.25, 0.3) is 0 Å². The Hall–Kier alpha value is -0.900. The highest BCUT2D eigenvalue weighted by Gasteiger charge is 2.20. The average molecular weight is 515 g/mol. The van der Waals surface area contributed by atoms with Gasteiger partial charge in [-0.25, -0.2) is 0 Å². The topological polar surface area (TPSA) is 52.1 Å². The van der Waals surface area contributed by atoms with Crippen LogP contribution in [-0.2, 0) is 17.8 Å². The molecule has 0 spiro atoms. The zero-order valence-corrected chi connectivity index (χ0v) is 20.4. The highest BCUT2D eigenvalue weighted by Crippen LogP contribution is 2.14. The van der Waals surface area contributed by atoms with Crippen LogP contribution in [0.5, 0.6) is 0 Å². The van der Waals surface area contributed by atoms with Crippen LogP contribution >= 0.6 is 24.0 Å². The number of benzene rings is 1. The van der Waals surface area contributed by atoms with E-state index in [1.165, 1.54) is 43.5 Å². The first-order chi connectivity index (χ1) is 13.8. The molecule has 1 unspecified atom stereocenters. The lowest BCUT2D eigenvalue weighted by Gasteiger charge is -2.28. The van der Waals surface area contributed by atoms with Crippen LogP contribution in [0.2, 0.25) is 0 Å². The zero-order chi connectivity index (χ0) is 19.6. The molecule has 7 heteroatoms. The molecule has 0 saturated carbocycles. The number of guanidine groups is 1. The van der Waals surface area contributed by atoms with Gasteiger partial charge in [0.1, 0.15) is 0 Å². The first-order valence-electron chi connectivity index (χ1n) is 10.9. The van der Waals surface area contributed by atoms with Gasteiger partial charge in [0.25, 0.3) is 0 Å². The van der Waals surface area contributed by atoms with E-state index in [1.54, 1.807) is 0 Å². The van der Waals surface area contributed by atoms with E-state index in [4.69, 9.17) is 4.74 Å². The molecule has 6 nitrogen and oxygen atoms in total. The molecule has 0 radical (unpaired) electrons. The van der Waals surface area contributed by atoms with Crippen LogP contribution in [0.3, 0.4) is 0 Å². The molecule has 2 N–H and O–H groups in total. The second-order valence-corrected chi connectivity index (χ2v) is 7.77. The normalized spacial score (nSPS) is 19.6. The third-order valence-corrected chi connectivity index (χ3v) is 5.92. The van der Waals surface area contributed by atoms with E-state index in [-0.39, 0.29) is 24.0 Å². The molecule has 0 aromatic heterocycles. The Balaban J connectivity index is 0.00000300. The Morgan fingerprint density at radius 1 is 1.07 bits per heavy atom. The highest BCUT2D eigenvalue weighted by atomic mass is 127. The van der Waals surface area contributed by atoms with Gasteiger partial charge in [0.15, 0.2) is 5.96 Å². The molecule has 1 atom stereocenters. The minimum atomic E-state index is 0. The minimum Gasteiger partial charge on any atom is -0.379 e. The molecule has 2 aliphatic rings. The Labute approximate surface area is 193 Å². The smallest absolute Gasteiger partial charge is 0.191 e. The SMILES string of the molecule is CCC(CNC(=NC)NCc1ccccc1CN1CCOCC1)N1CCCC1.I. The molecule has 29 heavy (non-hydrogen) atoms. The molecule has 2 heterocycles. The van der Waals surface area contributed by atoms with Gasteiger partial charge in [0.2, 0.25) is 0 Å². The van der Waals surface area contributed by atoms with E-state index >= 15 is 0 Å². The summed E-state index contributed by atoms with van der Waals surface area (Å²) in [5, 5.41) is 7.05. The van der Waals surface area contributed by atoms with Crippen molar-refractivity contribution in [2.45, 2.75) is 45.3 Å². The van der Waals surface area contributed by atoms with Crippen molar-refractivity contribution < 1.29 is 4.74 Å². The zero-order valence-electron chi connectivity index (χ0n) is 18.0. The lowest BCUT2D eigenvalue weighted by Crippen LogP contribution is -2.46. The highest BCUT2D eigenvalue weighted by molar-refractivity contribution is 14.0. The van der Waals surface area contributed by atoms with Crippen molar-refractivity contribution in [1.82, 2.24) is 20.4 Å². The van der Waals surface area contributed by atoms with Crippen LogP contribution in [0, 0.1) is 0 Å². The predicted octanol–water partition coefficient (Wildman–Crippen LogP) is 2.68. The number of hydrogen-bond acceptors (Lipinski definition) is 4. The maximum Gasteiger partial charge on any atom is 0.191 e. The number of ether oxygens (including phenoxy) is 1. The monoisotopic (exact) mass is 515 g/mol. The molecular weight excluding hydrogens is 477 g/mol. The number of rotatable bonds is 8. The van der Waals surface area contributed by atoms with E-state index in [0.29, 0.717) is 6.04 Å². The third-order valence-electron chi connectivity index (χ3n) is 5.92. The summed E-state index contributed by atoms with van der Waals surface area (Å²) < 4.78 is 5.47. The quantitative estimate of drug-likeness (QED) is 0.317. The number of likely N-dealkylation sites (tertiary alicyclic amines) is 1. The largest absolute Gasteiger partial charge is 0.379 e. The molecule has 164 valence electrons. The number of morpholine rings is 1. The summed E-state index contributed by atoms with van der Waals surface area (Å²) in [4.78, 5) is 9.51. The first kappa shape index (κ1) is 24.4. The minimum absolute atomic E-state index is 0. The molecule has 0 amide bonds.